The summed E-state index contributed by atoms with van der Waals surface area (Å²) in [5.41, 5.74) is 8.99. The third-order valence-corrected chi connectivity index (χ3v) is 9.84. The van der Waals surface area contributed by atoms with Crippen LogP contribution >= 0.6 is 0 Å². The molecule has 0 bridgehead atoms. The average Bonchev–Trinajstić information content (AvgIpc) is 3.09. The third-order valence-electron chi connectivity index (χ3n) is 7.83. The SMILES string of the molecule is [2H]C(C)(C)c1ccnc(-c2[c-]ccc(-c3ccccc3)c2)c1.[2H]C(C)(c1ccccc1)c1cc(-c2[c-]cccc2)ncc1[Si](C)(C)C.[Ir]. The van der Waals surface area contributed by atoms with E-state index in [1.807, 2.05) is 118 Å². The molecule has 0 saturated carbocycles. The zero-order valence-electron chi connectivity index (χ0n) is 29.4. The molecule has 1 radical (unpaired) electrons. The van der Waals surface area contributed by atoms with Gasteiger partial charge in [-0.15, -0.1) is 71.3 Å². The molecule has 0 N–H and O–H groups in total. The first-order valence-corrected chi connectivity index (χ1v) is 18.9. The van der Waals surface area contributed by atoms with Crippen LogP contribution in [0.3, 0.4) is 0 Å². The van der Waals surface area contributed by atoms with E-state index in [4.69, 9.17) is 6.35 Å². The number of nitrogens with zero attached hydrogens (tertiary/aromatic N) is 2. The van der Waals surface area contributed by atoms with Gasteiger partial charge in [-0.3, -0.25) is 0 Å². The van der Waals surface area contributed by atoms with Crippen LogP contribution in [0.1, 0.15) is 52.0 Å². The van der Waals surface area contributed by atoms with Crippen molar-refractivity contribution in [3.63, 3.8) is 0 Å². The van der Waals surface area contributed by atoms with Crippen LogP contribution in [-0.2, 0) is 20.1 Å². The van der Waals surface area contributed by atoms with Crippen molar-refractivity contribution in [1.29, 1.82) is 0 Å². The predicted octanol–water partition coefficient (Wildman–Crippen LogP) is 10.6. The molecule has 4 heteroatoms. The zero-order valence-corrected chi connectivity index (χ0v) is 30.8. The van der Waals surface area contributed by atoms with E-state index in [1.165, 1.54) is 10.8 Å². The molecule has 0 aliphatic heterocycles. The quantitative estimate of drug-likeness (QED) is 0.119. The second-order valence-electron chi connectivity index (χ2n) is 12.4. The van der Waals surface area contributed by atoms with E-state index in [0.717, 1.165) is 44.8 Å². The fourth-order valence-electron chi connectivity index (χ4n) is 5.22. The summed E-state index contributed by atoms with van der Waals surface area (Å²) < 4.78 is 17.3. The molecular formula is C42H42IrN2Si-2. The molecule has 6 aromatic rings. The van der Waals surface area contributed by atoms with Crippen LogP contribution in [0, 0.1) is 12.1 Å². The van der Waals surface area contributed by atoms with E-state index in [-0.39, 0.29) is 20.1 Å². The minimum atomic E-state index is -1.64. The standard InChI is InChI=1S/C22H24NSi.C20H18N.Ir/c1-17(18-11-7-5-8-12-18)20-15-21(19-13-9-6-10-14-19)23-16-22(20)24(2,3)4;1-15(2)17-11-12-21-20(14-17)19-10-6-9-18(13-19)16-7-4-3-5-8-16;/h5-13,15-17H,1-4H3;3-9,11-15H,1-2H3;/q2*-1;/i17D;15D;. The Morgan fingerprint density at radius 2 is 1.28 bits per heavy atom. The van der Waals surface area contributed by atoms with E-state index < -0.39 is 19.9 Å². The van der Waals surface area contributed by atoms with Crippen molar-refractivity contribution >= 4 is 13.3 Å². The summed E-state index contributed by atoms with van der Waals surface area (Å²) in [7, 11) is -1.64. The fraction of sp³-hybridized carbons (Fsp3) is 0.190. The van der Waals surface area contributed by atoms with E-state index in [1.54, 1.807) is 6.20 Å². The number of benzene rings is 4. The molecule has 6 rings (SSSR count). The first-order valence-electron chi connectivity index (χ1n) is 16.4. The fourth-order valence-corrected chi connectivity index (χ4v) is 6.74. The molecular weight excluding hydrogens is 753 g/mol. The van der Waals surface area contributed by atoms with Crippen molar-refractivity contribution in [2.75, 3.05) is 0 Å². The Balaban J connectivity index is 0.000000214. The Morgan fingerprint density at radius 1 is 0.630 bits per heavy atom. The first-order chi connectivity index (χ1) is 22.3. The van der Waals surface area contributed by atoms with Gasteiger partial charge in [-0.25, -0.2) is 0 Å². The van der Waals surface area contributed by atoms with Crippen molar-refractivity contribution in [1.82, 2.24) is 9.97 Å². The van der Waals surface area contributed by atoms with Crippen LogP contribution in [0.5, 0.6) is 0 Å². The maximum Gasteiger partial charge on any atom is 0.0799 e. The molecule has 0 fully saturated rings. The summed E-state index contributed by atoms with van der Waals surface area (Å²) >= 11 is 0. The maximum absolute atomic E-state index is 9.17. The van der Waals surface area contributed by atoms with Crippen LogP contribution in [0.15, 0.2) is 134 Å². The Bertz CT molecular complexity index is 1920. The Hall–Kier alpha value is -3.95. The van der Waals surface area contributed by atoms with Gasteiger partial charge in [0.2, 0.25) is 0 Å². The molecule has 0 spiro atoms. The number of hydrogen-bond acceptors (Lipinski definition) is 2. The van der Waals surface area contributed by atoms with Crippen molar-refractivity contribution in [2.45, 2.75) is 52.2 Å². The molecule has 0 aliphatic rings. The van der Waals surface area contributed by atoms with Gasteiger partial charge in [-0.1, -0.05) is 119 Å². The van der Waals surface area contributed by atoms with Gasteiger partial charge in [0, 0.05) is 41.1 Å². The van der Waals surface area contributed by atoms with E-state index in [0.29, 0.717) is 0 Å². The Kier molecular flexibility index (Phi) is 11.2. The summed E-state index contributed by atoms with van der Waals surface area (Å²) in [5, 5.41) is 1.24. The van der Waals surface area contributed by atoms with E-state index in [9.17, 15) is 1.37 Å². The second-order valence-corrected chi connectivity index (χ2v) is 17.5. The third kappa shape index (κ3) is 8.85. The molecule has 0 saturated heterocycles. The molecule has 4 aromatic carbocycles. The van der Waals surface area contributed by atoms with Gasteiger partial charge in [0.25, 0.3) is 0 Å². The van der Waals surface area contributed by atoms with Crippen LogP contribution < -0.4 is 5.19 Å². The second kappa shape index (κ2) is 16.0. The van der Waals surface area contributed by atoms with Crippen molar-refractivity contribution in [3.8, 4) is 33.6 Å². The van der Waals surface area contributed by atoms with Crippen molar-refractivity contribution in [3.05, 3.63) is 163 Å². The van der Waals surface area contributed by atoms with Gasteiger partial charge in [-0.05, 0) is 45.2 Å². The number of aromatic nitrogens is 2. The van der Waals surface area contributed by atoms with Gasteiger partial charge in [-0.2, -0.15) is 0 Å². The van der Waals surface area contributed by atoms with Crippen LogP contribution in [0.4, 0.5) is 0 Å². The van der Waals surface area contributed by atoms with Gasteiger partial charge in [0.05, 0.1) is 8.07 Å². The molecule has 0 amide bonds. The van der Waals surface area contributed by atoms with Crippen LogP contribution in [0.2, 0.25) is 19.6 Å². The number of rotatable bonds is 7. The molecule has 2 nitrogen and oxygen atoms in total. The maximum atomic E-state index is 9.17. The first kappa shape index (κ1) is 32.0. The summed E-state index contributed by atoms with van der Waals surface area (Å²) in [6, 6.07) is 46.8. The van der Waals surface area contributed by atoms with Gasteiger partial charge >= 0.3 is 0 Å². The van der Waals surface area contributed by atoms with Gasteiger partial charge in [0.15, 0.2) is 0 Å². The van der Waals surface area contributed by atoms with Gasteiger partial charge < -0.3 is 9.97 Å². The molecule has 1 atom stereocenters. The molecule has 2 heterocycles. The zero-order chi connectivity index (χ0) is 33.7. The topological polar surface area (TPSA) is 25.8 Å². The van der Waals surface area contributed by atoms with Crippen LogP contribution in [0.25, 0.3) is 33.6 Å². The number of hydrogen-bond donors (Lipinski definition) is 0. The largest absolute Gasteiger partial charge is 0.305 e. The van der Waals surface area contributed by atoms with Crippen molar-refractivity contribution in [2.24, 2.45) is 0 Å². The van der Waals surface area contributed by atoms with Crippen molar-refractivity contribution < 1.29 is 22.8 Å². The summed E-state index contributed by atoms with van der Waals surface area (Å²) in [5.74, 6) is -1.45. The minimum absolute atomic E-state index is 0. The Morgan fingerprint density at radius 3 is 1.93 bits per heavy atom. The normalized spacial score (nSPS) is 13.2. The molecule has 0 aliphatic carbocycles. The average molecular weight is 797 g/mol. The predicted molar refractivity (Wildman–Crippen MR) is 193 cm³/mol. The van der Waals surface area contributed by atoms with Crippen LogP contribution in [-0.4, -0.2) is 18.0 Å². The molecule has 235 valence electrons. The smallest absolute Gasteiger partial charge is 0.0799 e. The molecule has 2 aromatic heterocycles. The minimum Gasteiger partial charge on any atom is -0.305 e. The molecule has 1 unspecified atom stereocenters. The Labute approximate surface area is 293 Å². The van der Waals surface area contributed by atoms with E-state index >= 15 is 0 Å². The monoisotopic (exact) mass is 797 g/mol. The molecule has 46 heavy (non-hydrogen) atoms. The summed E-state index contributed by atoms with van der Waals surface area (Å²) in [6.07, 6.45) is 3.76. The summed E-state index contributed by atoms with van der Waals surface area (Å²) in [4.78, 5) is 9.15. The van der Waals surface area contributed by atoms with Gasteiger partial charge in [0.1, 0.15) is 0 Å². The van der Waals surface area contributed by atoms with E-state index in [2.05, 4.69) is 67.1 Å². The number of pyridine rings is 2. The summed E-state index contributed by atoms with van der Waals surface area (Å²) in [6.45, 7) is 12.7.